The molecule has 0 unspecified atom stereocenters. The molecule has 1 rings (SSSR count). The van der Waals surface area contributed by atoms with Crippen molar-refractivity contribution >= 4 is 39.2 Å². The van der Waals surface area contributed by atoms with E-state index in [2.05, 4.69) is 13.8 Å². The van der Waals surface area contributed by atoms with Crippen LogP contribution in [0.2, 0.25) is 5.04 Å². The lowest BCUT2D eigenvalue weighted by Gasteiger charge is -2.44. The molecule has 0 spiro atoms. The summed E-state index contributed by atoms with van der Waals surface area (Å²) in [5.74, 6) is 0.506. The maximum atomic E-state index is 6.23. The van der Waals surface area contributed by atoms with Gasteiger partial charge in [0.05, 0.1) is 0 Å². The molecule has 0 atom stereocenters. The fourth-order valence-corrected chi connectivity index (χ4v) is 7.61. The Morgan fingerprint density at radius 2 is 1.46 bits per heavy atom. The standard InChI is InChI=1S/C9H17Cl3Si/c1-8(2)9(13(10,11)12)6-4-3-5-7-9/h8H,3-7H2,1-2H3. The summed E-state index contributed by atoms with van der Waals surface area (Å²) in [5, 5.41) is 0.0515. The van der Waals surface area contributed by atoms with Crippen LogP contribution in [0, 0.1) is 5.92 Å². The van der Waals surface area contributed by atoms with Crippen LogP contribution in [0.15, 0.2) is 0 Å². The van der Waals surface area contributed by atoms with Gasteiger partial charge in [0.25, 0.3) is 0 Å². The van der Waals surface area contributed by atoms with Crippen LogP contribution >= 0.6 is 33.2 Å². The summed E-state index contributed by atoms with van der Waals surface area (Å²) in [4.78, 5) is 0. The Balaban J connectivity index is 2.86. The van der Waals surface area contributed by atoms with E-state index in [1.165, 1.54) is 19.3 Å². The lowest BCUT2D eigenvalue weighted by atomic mass is 9.80. The maximum absolute atomic E-state index is 6.23. The van der Waals surface area contributed by atoms with Crippen molar-refractivity contribution in [3.63, 3.8) is 0 Å². The van der Waals surface area contributed by atoms with E-state index in [1.54, 1.807) is 0 Å². The van der Waals surface area contributed by atoms with Crippen LogP contribution < -0.4 is 0 Å². The molecule has 0 bridgehead atoms. The fraction of sp³-hybridized carbons (Fsp3) is 1.00. The van der Waals surface area contributed by atoms with Gasteiger partial charge in [-0.15, -0.1) is 33.2 Å². The Morgan fingerprint density at radius 3 is 1.69 bits per heavy atom. The van der Waals surface area contributed by atoms with Crippen LogP contribution in [0.1, 0.15) is 46.0 Å². The largest absolute Gasteiger partial charge is 0.347 e. The van der Waals surface area contributed by atoms with Gasteiger partial charge in [0.15, 0.2) is 0 Å². The summed E-state index contributed by atoms with van der Waals surface area (Å²) >= 11 is 18.7. The molecule has 1 aliphatic rings. The summed E-state index contributed by atoms with van der Waals surface area (Å²) in [7, 11) is 0. The molecule has 1 aliphatic carbocycles. The first kappa shape index (κ1) is 12.2. The van der Waals surface area contributed by atoms with Gasteiger partial charge in [-0.1, -0.05) is 33.1 Å². The van der Waals surface area contributed by atoms with Crippen LogP contribution in [-0.4, -0.2) is 6.00 Å². The number of halogens is 3. The zero-order valence-corrected chi connectivity index (χ0v) is 11.5. The average molecular weight is 260 g/mol. The summed E-state index contributed by atoms with van der Waals surface area (Å²) in [6.45, 7) is 4.39. The van der Waals surface area contributed by atoms with Gasteiger partial charge in [-0.05, 0) is 18.8 Å². The molecule has 1 fully saturated rings. The topological polar surface area (TPSA) is 0 Å². The van der Waals surface area contributed by atoms with Crippen LogP contribution in [0.4, 0.5) is 0 Å². The smallest absolute Gasteiger partial charge is 0.125 e. The summed E-state index contributed by atoms with van der Waals surface area (Å²) in [6, 6.07) is -2.55. The number of hydrogen-bond acceptors (Lipinski definition) is 0. The summed E-state index contributed by atoms with van der Waals surface area (Å²) in [5.41, 5.74) is 0. The van der Waals surface area contributed by atoms with E-state index in [1.807, 2.05) is 0 Å². The highest BCUT2D eigenvalue weighted by molar-refractivity contribution is 7.65. The zero-order chi connectivity index (χ0) is 10.1. The normalized spacial score (nSPS) is 23.5. The fourth-order valence-electron chi connectivity index (χ4n) is 2.37. The van der Waals surface area contributed by atoms with E-state index in [9.17, 15) is 0 Å². The molecule has 0 amide bonds. The van der Waals surface area contributed by atoms with Gasteiger partial charge in [0, 0.05) is 5.04 Å². The molecule has 0 aromatic carbocycles. The monoisotopic (exact) mass is 258 g/mol. The maximum Gasteiger partial charge on any atom is 0.347 e. The first-order chi connectivity index (χ1) is 5.90. The molecule has 0 aromatic heterocycles. The van der Waals surface area contributed by atoms with E-state index < -0.39 is 6.00 Å². The molecule has 0 saturated heterocycles. The zero-order valence-electron chi connectivity index (χ0n) is 8.25. The Labute approximate surface area is 96.1 Å². The van der Waals surface area contributed by atoms with Crippen LogP contribution in [-0.2, 0) is 0 Å². The van der Waals surface area contributed by atoms with Gasteiger partial charge in [-0.25, -0.2) is 0 Å². The number of rotatable bonds is 2. The molecule has 0 aliphatic heterocycles. The average Bonchev–Trinajstić information content (AvgIpc) is 2.03. The van der Waals surface area contributed by atoms with Crippen molar-refractivity contribution in [2.75, 3.05) is 0 Å². The highest BCUT2D eigenvalue weighted by Gasteiger charge is 2.53. The predicted molar refractivity (Wildman–Crippen MR) is 63.9 cm³/mol. The van der Waals surface area contributed by atoms with E-state index in [-0.39, 0.29) is 5.04 Å². The third kappa shape index (κ3) is 2.36. The van der Waals surface area contributed by atoms with Crippen molar-refractivity contribution in [1.29, 1.82) is 0 Å². The lowest BCUT2D eigenvalue weighted by Crippen LogP contribution is -2.39. The molecule has 4 heteroatoms. The molecule has 0 heterocycles. The third-order valence-corrected chi connectivity index (χ3v) is 9.01. The predicted octanol–water partition coefficient (Wildman–Crippen LogP) is 5.00. The Kier molecular flexibility index (Phi) is 4.02. The second-order valence-electron chi connectivity index (χ2n) is 4.37. The van der Waals surface area contributed by atoms with Crippen LogP contribution in [0.3, 0.4) is 0 Å². The van der Waals surface area contributed by atoms with Crippen LogP contribution in [0.25, 0.3) is 0 Å². The van der Waals surface area contributed by atoms with Gasteiger partial charge in [-0.2, -0.15) is 0 Å². The first-order valence-electron chi connectivity index (χ1n) is 4.97. The quantitative estimate of drug-likeness (QED) is 0.483. The van der Waals surface area contributed by atoms with Crippen LogP contribution in [0.5, 0.6) is 0 Å². The van der Waals surface area contributed by atoms with E-state index >= 15 is 0 Å². The van der Waals surface area contributed by atoms with Gasteiger partial charge < -0.3 is 0 Å². The Bertz CT molecular complexity index is 168. The van der Waals surface area contributed by atoms with Crippen molar-refractivity contribution in [2.24, 2.45) is 5.92 Å². The van der Waals surface area contributed by atoms with E-state index in [0.29, 0.717) is 5.92 Å². The minimum Gasteiger partial charge on any atom is -0.125 e. The first-order valence-corrected chi connectivity index (χ1v) is 10.0. The molecule has 1 saturated carbocycles. The molecule has 78 valence electrons. The third-order valence-electron chi connectivity index (χ3n) is 3.42. The molecule has 0 N–H and O–H groups in total. The Hall–Kier alpha value is 1.09. The molecular formula is C9H17Cl3Si. The van der Waals surface area contributed by atoms with Gasteiger partial charge in [0.2, 0.25) is 0 Å². The minimum atomic E-state index is -2.55. The van der Waals surface area contributed by atoms with E-state index in [0.717, 1.165) is 12.8 Å². The Morgan fingerprint density at radius 1 is 1.00 bits per heavy atom. The molecule has 13 heavy (non-hydrogen) atoms. The second kappa shape index (κ2) is 4.30. The van der Waals surface area contributed by atoms with E-state index in [4.69, 9.17) is 33.2 Å². The summed E-state index contributed by atoms with van der Waals surface area (Å²) in [6.07, 6.45) is 6.02. The van der Waals surface area contributed by atoms with Crippen molar-refractivity contribution in [3.05, 3.63) is 0 Å². The molecular weight excluding hydrogens is 243 g/mol. The lowest BCUT2D eigenvalue weighted by molar-refractivity contribution is 0.295. The number of hydrogen-bond donors (Lipinski definition) is 0. The molecule has 0 nitrogen and oxygen atoms in total. The van der Waals surface area contributed by atoms with Crippen molar-refractivity contribution in [3.8, 4) is 0 Å². The highest BCUT2D eigenvalue weighted by Crippen LogP contribution is 2.60. The molecule has 0 radical (unpaired) electrons. The van der Waals surface area contributed by atoms with Gasteiger partial charge >= 0.3 is 6.00 Å². The molecule has 0 aromatic rings. The van der Waals surface area contributed by atoms with Crippen molar-refractivity contribution < 1.29 is 0 Å². The summed E-state index contributed by atoms with van der Waals surface area (Å²) < 4.78 is 0. The highest BCUT2D eigenvalue weighted by atomic mass is 35.8. The van der Waals surface area contributed by atoms with Gasteiger partial charge in [-0.3, -0.25) is 0 Å². The SMILES string of the molecule is CC(C)C1([Si](Cl)(Cl)Cl)CCCCC1. The second-order valence-corrected chi connectivity index (χ2v) is 13.2. The van der Waals surface area contributed by atoms with Crippen molar-refractivity contribution in [1.82, 2.24) is 0 Å². The van der Waals surface area contributed by atoms with Crippen molar-refractivity contribution in [2.45, 2.75) is 51.0 Å². The minimum absolute atomic E-state index is 0.0515. The van der Waals surface area contributed by atoms with Gasteiger partial charge in [0.1, 0.15) is 0 Å².